The first-order valence-corrected chi connectivity index (χ1v) is 10.0. The minimum Gasteiger partial charge on any atom is -0.464 e. The van der Waals surface area contributed by atoms with E-state index in [1.165, 1.54) is 6.07 Å². The molecule has 0 amide bonds. The molecule has 29 heavy (non-hydrogen) atoms. The third-order valence-electron chi connectivity index (χ3n) is 5.23. The van der Waals surface area contributed by atoms with Crippen LogP contribution in [0.1, 0.15) is 35.4 Å². The molecule has 0 bridgehead atoms. The smallest absolute Gasteiger partial charge is 0.270 e. The molecule has 0 aromatic heterocycles. The molecular weight excluding hydrogens is 434 g/mol. The highest BCUT2D eigenvalue weighted by Gasteiger charge is 2.41. The third kappa shape index (κ3) is 3.17. The van der Waals surface area contributed by atoms with Crippen molar-refractivity contribution in [3.05, 3.63) is 104 Å². The largest absolute Gasteiger partial charge is 0.464 e. The van der Waals surface area contributed by atoms with Crippen molar-refractivity contribution in [1.82, 2.24) is 5.01 Å². The van der Waals surface area contributed by atoms with Gasteiger partial charge in [0.2, 0.25) is 6.23 Å². The van der Waals surface area contributed by atoms with Gasteiger partial charge in [0.1, 0.15) is 5.75 Å². The van der Waals surface area contributed by atoms with Gasteiger partial charge >= 0.3 is 0 Å². The first kappa shape index (κ1) is 17.9. The highest BCUT2D eigenvalue weighted by Crippen LogP contribution is 2.48. The van der Waals surface area contributed by atoms with Gasteiger partial charge in [-0.1, -0.05) is 58.4 Å². The summed E-state index contributed by atoms with van der Waals surface area (Å²) in [6, 6.07) is 22.6. The summed E-state index contributed by atoms with van der Waals surface area (Å²) in [4.78, 5) is 10.9. The molecule has 0 aliphatic carbocycles. The van der Waals surface area contributed by atoms with E-state index in [0.29, 0.717) is 12.2 Å². The van der Waals surface area contributed by atoms with Gasteiger partial charge in [-0.05, 0) is 23.8 Å². The number of benzene rings is 3. The van der Waals surface area contributed by atoms with Crippen LogP contribution in [-0.2, 0) is 0 Å². The van der Waals surface area contributed by atoms with Crippen LogP contribution in [0.15, 0.2) is 82.4 Å². The van der Waals surface area contributed by atoms with Gasteiger partial charge in [0.05, 0.1) is 16.7 Å². The topological polar surface area (TPSA) is 68.0 Å². The van der Waals surface area contributed by atoms with Crippen LogP contribution in [0.25, 0.3) is 0 Å². The Morgan fingerprint density at radius 1 is 1.07 bits per heavy atom. The van der Waals surface area contributed by atoms with Crippen LogP contribution in [-0.4, -0.2) is 15.6 Å². The number of halogens is 1. The number of hydrazone groups is 1. The maximum atomic E-state index is 11.3. The lowest BCUT2D eigenvalue weighted by Crippen LogP contribution is -2.33. The van der Waals surface area contributed by atoms with Crippen LogP contribution < -0.4 is 4.74 Å². The van der Waals surface area contributed by atoms with Gasteiger partial charge in [-0.15, -0.1) is 0 Å². The number of nitro groups is 1. The van der Waals surface area contributed by atoms with Crippen LogP contribution >= 0.6 is 15.9 Å². The molecule has 2 aliphatic rings. The van der Waals surface area contributed by atoms with E-state index in [2.05, 4.69) is 15.9 Å². The molecular formula is C22H16BrN3O3. The Morgan fingerprint density at radius 2 is 1.90 bits per heavy atom. The van der Waals surface area contributed by atoms with Gasteiger partial charge in [0.15, 0.2) is 0 Å². The summed E-state index contributed by atoms with van der Waals surface area (Å²) in [5.41, 5.74) is 3.80. The molecule has 6 nitrogen and oxygen atoms in total. The quantitative estimate of drug-likeness (QED) is 0.385. The van der Waals surface area contributed by atoms with Crippen molar-refractivity contribution in [1.29, 1.82) is 0 Å². The molecule has 3 aromatic carbocycles. The average Bonchev–Trinajstić information content (AvgIpc) is 3.19. The molecule has 0 N–H and O–H groups in total. The number of non-ortho nitro benzene ring substituents is 1. The second-order valence-electron chi connectivity index (χ2n) is 7.02. The molecule has 3 aromatic rings. The fraction of sp³-hybridized carbons (Fsp3) is 0.136. The average molecular weight is 450 g/mol. The molecule has 2 heterocycles. The molecule has 7 heteroatoms. The lowest BCUT2D eigenvalue weighted by atomic mass is 9.95. The number of nitro benzene ring substituents is 1. The Balaban J connectivity index is 1.62. The fourth-order valence-electron chi connectivity index (χ4n) is 3.87. The van der Waals surface area contributed by atoms with Gasteiger partial charge in [0, 0.05) is 34.2 Å². The van der Waals surface area contributed by atoms with E-state index in [0.717, 1.165) is 26.9 Å². The van der Waals surface area contributed by atoms with E-state index in [1.807, 2.05) is 59.6 Å². The zero-order valence-electron chi connectivity index (χ0n) is 15.2. The summed E-state index contributed by atoms with van der Waals surface area (Å²) in [5, 5.41) is 18.1. The molecule has 5 rings (SSSR count). The highest BCUT2D eigenvalue weighted by molar-refractivity contribution is 9.10. The van der Waals surface area contributed by atoms with Crippen molar-refractivity contribution in [2.45, 2.75) is 18.7 Å². The Bertz CT molecular complexity index is 1130. The van der Waals surface area contributed by atoms with E-state index >= 15 is 0 Å². The van der Waals surface area contributed by atoms with Crippen LogP contribution in [0.5, 0.6) is 5.75 Å². The Hall–Kier alpha value is -3.19. The van der Waals surface area contributed by atoms with Gasteiger partial charge in [-0.25, -0.2) is 5.01 Å². The summed E-state index contributed by atoms with van der Waals surface area (Å²) < 4.78 is 7.24. The molecule has 0 saturated carbocycles. The second-order valence-corrected chi connectivity index (χ2v) is 7.93. The van der Waals surface area contributed by atoms with Gasteiger partial charge in [0.25, 0.3) is 5.69 Å². The number of nitrogens with zero attached hydrogens (tertiary/aromatic N) is 3. The summed E-state index contributed by atoms with van der Waals surface area (Å²) >= 11 is 3.52. The highest BCUT2D eigenvalue weighted by atomic mass is 79.9. The van der Waals surface area contributed by atoms with Crippen LogP contribution in [0, 0.1) is 10.1 Å². The molecule has 0 saturated heterocycles. The van der Waals surface area contributed by atoms with Crippen molar-refractivity contribution in [2.75, 3.05) is 0 Å². The zero-order valence-corrected chi connectivity index (χ0v) is 16.8. The summed E-state index contributed by atoms with van der Waals surface area (Å²) in [6.07, 6.45) is 0.249. The Kier molecular flexibility index (Phi) is 4.32. The van der Waals surface area contributed by atoms with Crippen molar-refractivity contribution >= 4 is 27.3 Å². The summed E-state index contributed by atoms with van der Waals surface area (Å²) in [5.74, 6) is 0.659. The van der Waals surface area contributed by atoms with Gasteiger partial charge in [-0.3, -0.25) is 10.1 Å². The van der Waals surface area contributed by atoms with Crippen molar-refractivity contribution in [3.8, 4) is 5.75 Å². The SMILES string of the molecule is O=[N+]([O-])c1ccc2c(c1)C1CC(c3ccccc3)=NN1C(c1cccc(Br)c1)O2. The summed E-state index contributed by atoms with van der Waals surface area (Å²) in [7, 11) is 0. The van der Waals surface area contributed by atoms with Gasteiger partial charge in [-0.2, -0.15) is 5.10 Å². The Morgan fingerprint density at radius 3 is 2.66 bits per heavy atom. The fourth-order valence-corrected chi connectivity index (χ4v) is 4.29. The van der Waals surface area contributed by atoms with Crippen molar-refractivity contribution in [3.63, 3.8) is 0 Å². The number of hydrogen-bond acceptors (Lipinski definition) is 5. The van der Waals surface area contributed by atoms with E-state index < -0.39 is 6.23 Å². The second kappa shape index (κ2) is 7.00. The van der Waals surface area contributed by atoms with Crippen molar-refractivity contribution < 1.29 is 9.66 Å². The standard InChI is InChI=1S/C22H16BrN3O3/c23-16-8-4-7-15(11-16)22-25-20(13-19(24-25)14-5-2-1-3-6-14)18-12-17(26(27)28)9-10-21(18)29-22/h1-12,20,22H,13H2. The Labute approximate surface area is 175 Å². The lowest BCUT2D eigenvalue weighted by molar-refractivity contribution is -0.385. The third-order valence-corrected chi connectivity index (χ3v) is 5.72. The molecule has 144 valence electrons. The maximum Gasteiger partial charge on any atom is 0.270 e. The first-order valence-electron chi connectivity index (χ1n) is 9.22. The number of ether oxygens (including phenoxy) is 1. The minimum atomic E-state index is -0.410. The van der Waals surface area contributed by atoms with Crippen LogP contribution in [0.3, 0.4) is 0 Å². The van der Waals surface area contributed by atoms with Crippen molar-refractivity contribution in [2.24, 2.45) is 5.10 Å². The maximum absolute atomic E-state index is 11.3. The molecule has 2 atom stereocenters. The van der Waals surface area contributed by atoms with Crippen LogP contribution in [0.4, 0.5) is 5.69 Å². The molecule has 2 aliphatic heterocycles. The summed E-state index contributed by atoms with van der Waals surface area (Å²) in [6.45, 7) is 0. The first-order chi connectivity index (χ1) is 14.1. The van der Waals surface area contributed by atoms with E-state index in [1.54, 1.807) is 12.1 Å². The van der Waals surface area contributed by atoms with Crippen LogP contribution in [0.2, 0.25) is 0 Å². The molecule has 2 unspecified atom stereocenters. The lowest BCUT2D eigenvalue weighted by Gasteiger charge is -2.38. The number of hydrogen-bond donors (Lipinski definition) is 0. The zero-order chi connectivity index (χ0) is 20.0. The number of rotatable bonds is 3. The minimum absolute atomic E-state index is 0.0568. The molecule has 0 radical (unpaired) electrons. The van der Waals surface area contributed by atoms with E-state index in [4.69, 9.17) is 9.84 Å². The normalized spacial score (nSPS) is 19.8. The predicted molar refractivity (Wildman–Crippen MR) is 113 cm³/mol. The predicted octanol–water partition coefficient (Wildman–Crippen LogP) is 5.60. The molecule has 0 fully saturated rings. The van der Waals surface area contributed by atoms with Gasteiger partial charge < -0.3 is 4.74 Å². The molecule has 0 spiro atoms. The van der Waals surface area contributed by atoms with E-state index in [9.17, 15) is 10.1 Å². The monoisotopic (exact) mass is 449 g/mol. The van der Waals surface area contributed by atoms with E-state index in [-0.39, 0.29) is 16.7 Å². The number of fused-ring (bicyclic) bond motifs is 3.